The van der Waals surface area contributed by atoms with Crippen molar-refractivity contribution < 1.29 is 5.11 Å². The molecular formula is C20H23NO. The number of nitrogens with zero attached hydrogens (tertiary/aromatic N) is 1. The van der Waals surface area contributed by atoms with Crippen LogP contribution in [-0.2, 0) is 0 Å². The van der Waals surface area contributed by atoms with Crippen molar-refractivity contribution in [3.63, 3.8) is 0 Å². The molecule has 3 aliphatic rings. The molecule has 2 bridgehead atoms. The van der Waals surface area contributed by atoms with Crippen molar-refractivity contribution in [2.24, 2.45) is 5.92 Å². The smallest absolute Gasteiger partial charge is 0.0733 e. The predicted octanol–water partition coefficient (Wildman–Crippen LogP) is 3.27. The number of hydrogen-bond donors (Lipinski definition) is 1. The molecule has 0 aliphatic carbocycles. The van der Waals surface area contributed by atoms with Gasteiger partial charge in [0.1, 0.15) is 0 Å². The Bertz CT molecular complexity index is 563. The lowest BCUT2D eigenvalue weighted by Crippen LogP contribution is -2.60. The summed E-state index contributed by atoms with van der Waals surface area (Å²) in [4.78, 5) is 2.51. The summed E-state index contributed by atoms with van der Waals surface area (Å²) in [6, 6.07) is 21.6. The maximum atomic E-state index is 10.9. The zero-order chi connectivity index (χ0) is 14.9. The zero-order valence-electron chi connectivity index (χ0n) is 12.8. The van der Waals surface area contributed by atoms with Gasteiger partial charge < -0.3 is 5.11 Å². The summed E-state index contributed by atoms with van der Waals surface area (Å²) in [5.41, 5.74) is 2.62. The maximum Gasteiger partial charge on any atom is 0.0733 e. The van der Waals surface area contributed by atoms with Crippen LogP contribution in [0, 0.1) is 5.92 Å². The van der Waals surface area contributed by atoms with Gasteiger partial charge in [0.05, 0.1) is 6.10 Å². The van der Waals surface area contributed by atoms with Crippen LogP contribution in [0.3, 0.4) is 0 Å². The molecule has 2 heteroatoms. The lowest BCUT2D eigenvalue weighted by Gasteiger charge is -2.51. The number of aliphatic hydroxyl groups is 1. The van der Waals surface area contributed by atoms with Crippen molar-refractivity contribution in [2.75, 3.05) is 13.1 Å². The highest BCUT2D eigenvalue weighted by Crippen LogP contribution is 2.41. The van der Waals surface area contributed by atoms with Crippen LogP contribution in [0.4, 0.5) is 0 Å². The SMILES string of the molecule is O[C@H]1C2CCN(CC2)[C@@H]1C(c1ccccc1)c1ccccc1. The van der Waals surface area contributed by atoms with Gasteiger partial charge in [-0.2, -0.15) is 0 Å². The van der Waals surface area contributed by atoms with E-state index in [1.54, 1.807) is 0 Å². The van der Waals surface area contributed by atoms with Crippen molar-refractivity contribution in [1.29, 1.82) is 0 Å². The number of fused-ring (bicyclic) bond motifs is 3. The average Bonchev–Trinajstić information content (AvgIpc) is 2.60. The number of hydrogen-bond acceptors (Lipinski definition) is 2. The summed E-state index contributed by atoms with van der Waals surface area (Å²) < 4.78 is 0. The van der Waals surface area contributed by atoms with Crippen molar-refractivity contribution >= 4 is 0 Å². The molecule has 3 saturated heterocycles. The molecule has 5 rings (SSSR count). The molecule has 3 heterocycles. The first-order valence-corrected chi connectivity index (χ1v) is 8.36. The highest BCUT2D eigenvalue weighted by Gasteiger charge is 2.45. The second kappa shape index (κ2) is 5.86. The van der Waals surface area contributed by atoms with Crippen LogP contribution in [0.25, 0.3) is 0 Å². The van der Waals surface area contributed by atoms with E-state index in [4.69, 9.17) is 0 Å². The van der Waals surface area contributed by atoms with Gasteiger partial charge in [0.15, 0.2) is 0 Å². The van der Waals surface area contributed by atoms with Gasteiger partial charge >= 0.3 is 0 Å². The number of aliphatic hydroxyl groups excluding tert-OH is 1. The molecule has 0 spiro atoms. The molecule has 0 saturated carbocycles. The van der Waals surface area contributed by atoms with Crippen LogP contribution >= 0.6 is 0 Å². The van der Waals surface area contributed by atoms with Gasteiger partial charge in [-0.1, -0.05) is 60.7 Å². The fourth-order valence-electron chi connectivity index (χ4n) is 4.37. The monoisotopic (exact) mass is 293 g/mol. The quantitative estimate of drug-likeness (QED) is 0.939. The molecule has 2 aromatic carbocycles. The third-order valence-electron chi connectivity index (χ3n) is 5.49. The van der Waals surface area contributed by atoms with E-state index in [9.17, 15) is 5.11 Å². The Hall–Kier alpha value is -1.64. The first-order chi connectivity index (χ1) is 10.8. The first-order valence-electron chi connectivity index (χ1n) is 8.36. The Labute approximate surface area is 132 Å². The van der Waals surface area contributed by atoms with Gasteiger partial charge in [0.25, 0.3) is 0 Å². The van der Waals surface area contributed by atoms with Gasteiger partial charge in [0, 0.05) is 12.0 Å². The number of benzene rings is 2. The van der Waals surface area contributed by atoms with Crippen molar-refractivity contribution in [3.8, 4) is 0 Å². The Morgan fingerprint density at radius 2 is 1.32 bits per heavy atom. The van der Waals surface area contributed by atoms with E-state index in [0.29, 0.717) is 5.92 Å². The van der Waals surface area contributed by atoms with E-state index >= 15 is 0 Å². The molecular weight excluding hydrogens is 270 g/mol. The van der Waals surface area contributed by atoms with E-state index in [-0.39, 0.29) is 18.1 Å². The molecule has 0 radical (unpaired) electrons. The third-order valence-corrected chi connectivity index (χ3v) is 5.49. The molecule has 0 unspecified atom stereocenters. The maximum absolute atomic E-state index is 10.9. The summed E-state index contributed by atoms with van der Waals surface area (Å²) in [6.07, 6.45) is 2.08. The van der Waals surface area contributed by atoms with Crippen molar-refractivity contribution in [1.82, 2.24) is 4.90 Å². The molecule has 0 aromatic heterocycles. The van der Waals surface area contributed by atoms with E-state index in [2.05, 4.69) is 65.6 Å². The van der Waals surface area contributed by atoms with Crippen LogP contribution < -0.4 is 0 Å². The largest absolute Gasteiger partial charge is 0.391 e. The topological polar surface area (TPSA) is 23.5 Å². The second-order valence-corrected chi connectivity index (χ2v) is 6.65. The average molecular weight is 293 g/mol. The molecule has 22 heavy (non-hydrogen) atoms. The van der Waals surface area contributed by atoms with Crippen molar-refractivity contribution in [3.05, 3.63) is 71.8 Å². The highest BCUT2D eigenvalue weighted by molar-refractivity contribution is 5.35. The second-order valence-electron chi connectivity index (χ2n) is 6.65. The summed E-state index contributed by atoms with van der Waals surface area (Å²) in [5.74, 6) is 0.727. The standard InChI is InChI=1S/C20H23NO/c22-20-17-11-13-21(14-12-17)19(20)18(15-7-3-1-4-8-15)16-9-5-2-6-10-16/h1-10,17-20,22H,11-14H2/t19-,20+/m1/s1. The fraction of sp³-hybridized carbons (Fsp3) is 0.400. The van der Waals surface area contributed by atoms with E-state index in [1.807, 2.05) is 0 Å². The van der Waals surface area contributed by atoms with Crippen LogP contribution in [0.5, 0.6) is 0 Å². The van der Waals surface area contributed by atoms with E-state index in [1.165, 1.54) is 11.1 Å². The molecule has 2 atom stereocenters. The number of rotatable bonds is 3. The van der Waals surface area contributed by atoms with Crippen molar-refractivity contribution in [2.45, 2.75) is 30.9 Å². The Balaban J connectivity index is 1.78. The van der Waals surface area contributed by atoms with Gasteiger partial charge in [-0.15, -0.1) is 0 Å². The molecule has 3 fully saturated rings. The molecule has 114 valence electrons. The van der Waals surface area contributed by atoms with Gasteiger partial charge in [-0.3, -0.25) is 4.90 Å². The minimum Gasteiger partial charge on any atom is -0.391 e. The molecule has 1 N–H and O–H groups in total. The normalized spacial score (nSPS) is 30.6. The number of piperidine rings is 3. The van der Waals surface area contributed by atoms with Gasteiger partial charge in [-0.25, -0.2) is 0 Å². The summed E-state index contributed by atoms with van der Waals surface area (Å²) in [6.45, 7) is 2.26. The molecule has 2 nitrogen and oxygen atoms in total. The van der Waals surface area contributed by atoms with Gasteiger partial charge in [-0.05, 0) is 43.0 Å². The van der Waals surface area contributed by atoms with Crippen LogP contribution in [0.2, 0.25) is 0 Å². The highest BCUT2D eigenvalue weighted by atomic mass is 16.3. The zero-order valence-corrected chi connectivity index (χ0v) is 12.8. The summed E-state index contributed by atoms with van der Waals surface area (Å²) in [5, 5.41) is 10.9. The van der Waals surface area contributed by atoms with Crippen LogP contribution in [0.1, 0.15) is 29.9 Å². The minimum atomic E-state index is -0.215. The fourth-order valence-corrected chi connectivity index (χ4v) is 4.37. The minimum absolute atomic E-state index is 0.206. The summed E-state index contributed by atoms with van der Waals surface area (Å²) >= 11 is 0. The Kier molecular flexibility index (Phi) is 3.73. The van der Waals surface area contributed by atoms with Gasteiger partial charge in [0.2, 0.25) is 0 Å². The summed E-state index contributed by atoms with van der Waals surface area (Å²) in [7, 11) is 0. The Morgan fingerprint density at radius 3 is 1.77 bits per heavy atom. The first kappa shape index (κ1) is 14.0. The van der Waals surface area contributed by atoms with E-state index < -0.39 is 0 Å². The van der Waals surface area contributed by atoms with E-state index in [0.717, 1.165) is 25.9 Å². The molecule has 3 aliphatic heterocycles. The Morgan fingerprint density at radius 1 is 0.818 bits per heavy atom. The molecule has 0 amide bonds. The molecule has 2 aromatic rings. The van der Waals surface area contributed by atoms with Crippen LogP contribution in [-0.4, -0.2) is 35.2 Å². The third kappa shape index (κ3) is 2.37. The predicted molar refractivity (Wildman–Crippen MR) is 88.8 cm³/mol. The lowest BCUT2D eigenvalue weighted by molar-refractivity contribution is -0.0775. The lowest BCUT2D eigenvalue weighted by atomic mass is 9.72. The van der Waals surface area contributed by atoms with Crippen LogP contribution in [0.15, 0.2) is 60.7 Å².